The summed E-state index contributed by atoms with van der Waals surface area (Å²) in [7, 11) is 0. The predicted molar refractivity (Wildman–Crippen MR) is 71.1 cm³/mol. The molecule has 1 atom stereocenters. The Bertz CT molecular complexity index is 692. The Morgan fingerprint density at radius 1 is 1.21 bits per heavy atom. The third kappa shape index (κ3) is 2.03. The quantitative estimate of drug-likeness (QED) is 0.811. The molecule has 5 heteroatoms. The number of fused-ring (bicyclic) bond motifs is 1. The normalized spacial score (nSPS) is 17.7. The van der Waals surface area contributed by atoms with Crippen molar-refractivity contribution >= 4 is 11.7 Å². The average Bonchev–Trinajstić information content (AvgIpc) is 2.38. The molecule has 5 nitrogen and oxygen atoms in total. The van der Waals surface area contributed by atoms with Crippen molar-refractivity contribution < 1.29 is 4.79 Å². The van der Waals surface area contributed by atoms with Gasteiger partial charge in [0.2, 0.25) is 5.91 Å². The van der Waals surface area contributed by atoms with E-state index in [1.165, 1.54) is 0 Å². The van der Waals surface area contributed by atoms with Gasteiger partial charge in [0, 0.05) is 12.3 Å². The van der Waals surface area contributed by atoms with Crippen LogP contribution in [0.5, 0.6) is 0 Å². The van der Waals surface area contributed by atoms with Gasteiger partial charge in [-0.2, -0.15) is 0 Å². The summed E-state index contributed by atoms with van der Waals surface area (Å²) in [5.41, 5.74) is 1.31. The van der Waals surface area contributed by atoms with Gasteiger partial charge in [-0.1, -0.05) is 30.3 Å². The first kappa shape index (κ1) is 11.6. The third-order valence-electron chi connectivity index (χ3n) is 3.27. The number of anilines is 1. The van der Waals surface area contributed by atoms with Crippen LogP contribution in [-0.4, -0.2) is 15.9 Å². The van der Waals surface area contributed by atoms with Gasteiger partial charge in [-0.3, -0.25) is 9.59 Å². The van der Waals surface area contributed by atoms with Crippen molar-refractivity contribution in [2.24, 2.45) is 0 Å². The van der Waals surface area contributed by atoms with Crippen molar-refractivity contribution in [3.05, 3.63) is 57.6 Å². The van der Waals surface area contributed by atoms with Crippen LogP contribution in [0.3, 0.4) is 0 Å². The Kier molecular flexibility index (Phi) is 2.67. The second kappa shape index (κ2) is 4.35. The van der Waals surface area contributed by atoms with Gasteiger partial charge in [0.05, 0.1) is 5.56 Å². The van der Waals surface area contributed by atoms with Crippen LogP contribution in [0.4, 0.5) is 5.82 Å². The van der Waals surface area contributed by atoms with E-state index in [-0.39, 0.29) is 23.8 Å². The van der Waals surface area contributed by atoms with Crippen molar-refractivity contribution in [2.45, 2.75) is 19.3 Å². The molecule has 19 heavy (non-hydrogen) atoms. The Morgan fingerprint density at radius 2 is 1.95 bits per heavy atom. The zero-order chi connectivity index (χ0) is 13.4. The maximum absolute atomic E-state index is 12.1. The minimum Gasteiger partial charge on any atom is -0.310 e. The number of carbonyl (C=O) groups excluding carboxylic acids is 1. The molecular formula is C14H13N3O2. The molecule has 0 aliphatic carbocycles. The van der Waals surface area contributed by atoms with Crippen molar-refractivity contribution in [3.63, 3.8) is 0 Å². The molecule has 1 aliphatic heterocycles. The zero-order valence-corrected chi connectivity index (χ0v) is 10.4. The number of hydrogen-bond acceptors (Lipinski definition) is 3. The zero-order valence-electron chi connectivity index (χ0n) is 10.4. The number of amides is 1. The van der Waals surface area contributed by atoms with Crippen molar-refractivity contribution in [3.8, 4) is 0 Å². The lowest BCUT2D eigenvalue weighted by Gasteiger charge is -2.24. The fourth-order valence-electron chi connectivity index (χ4n) is 2.45. The molecule has 96 valence electrons. The van der Waals surface area contributed by atoms with Gasteiger partial charge >= 0.3 is 0 Å². The minimum absolute atomic E-state index is 0.112. The van der Waals surface area contributed by atoms with E-state index in [0.29, 0.717) is 17.2 Å². The highest BCUT2D eigenvalue weighted by molar-refractivity contribution is 5.94. The van der Waals surface area contributed by atoms with E-state index in [1.807, 2.05) is 30.3 Å². The number of aromatic nitrogens is 2. The number of carbonyl (C=O) groups is 1. The van der Waals surface area contributed by atoms with Crippen molar-refractivity contribution in [2.75, 3.05) is 5.32 Å². The molecule has 1 aromatic carbocycles. The molecule has 0 saturated carbocycles. The molecule has 0 saturated heterocycles. The van der Waals surface area contributed by atoms with Crippen LogP contribution in [0.15, 0.2) is 35.1 Å². The molecule has 2 N–H and O–H groups in total. The van der Waals surface area contributed by atoms with Crippen LogP contribution < -0.4 is 10.9 Å². The number of aryl methyl sites for hydroxylation is 1. The van der Waals surface area contributed by atoms with Crippen LogP contribution in [0, 0.1) is 6.92 Å². The summed E-state index contributed by atoms with van der Waals surface area (Å²) in [6, 6.07) is 9.55. The number of nitrogens with one attached hydrogen (secondary N) is 2. The van der Waals surface area contributed by atoms with Crippen LogP contribution >= 0.6 is 0 Å². The topological polar surface area (TPSA) is 74.8 Å². The van der Waals surface area contributed by atoms with E-state index in [4.69, 9.17) is 0 Å². The van der Waals surface area contributed by atoms with Gasteiger partial charge in [-0.25, -0.2) is 4.98 Å². The fraction of sp³-hybridized carbons (Fsp3) is 0.214. The molecule has 1 amide bonds. The van der Waals surface area contributed by atoms with E-state index < -0.39 is 0 Å². The first-order valence-electron chi connectivity index (χ1n) is 6.11. The fourth-order valence-corrected chi connectivity index (χ4v) is 2.45. The van der Waals surface area contributed by atoms with E-state index in [1.54, 1.807) is 6.92 Å². The van der Waals surface area contributed by atoms with Crippen LogP contribution in [0.1, 0.15) is 29.3 Å². The molecule has 2 heterocycles. The Morgan fingerprint density at radius 3 is 2.68 bits per heavy atom. The second-order valence-corrected chi connectivity index (χ2v) is 4.63. The number of benzene rings is 1. The van der Waals surface area contributed by atoms with Gasteiger partial charge in [-0.05, 0) is 12.5 Å². The summed E-state index contributed by atoms with van der Waals surface area (Å²) in [4.78, 5) is 30.8. The highest BCUT2D eigenvalue weighted by Crippen LogP contribution is 2.33. The standard InChI is InChI=1S/C14H13N3O2/c1-8-15-13-12(14(19)16-8)10(7-11(18)17-13)9-5-3-2-4-6-9/h2-6,10H,7H2,1H3,(H2,15,16,17,18,19). The van der Waals surface area contributed by atoms with E-state index >= 15 is 0 Å². The lowest BCUT2D eigenvalue weighted by molar-refractivity contribution is -0.116. The summed E-state index contributed by atoms with van der Waals surface area (Å²) in [6.45, 7) is 1.69. The summed E-state index contributed by atoms with van der Waals surface area (Å²) >= 11 is 0. The second-order valence-electron chi connectivity index (χ2n) is 4.63. The third-order valence-corrected chi connectivity index (χ3v) is 3.27. The molecule has 1 unspecified atom stereocenters. The summed E-state index contributed by atoms with van der Waals surface area (Å²) in [5, 5.41) is 2.67. The molecule has 0 bridgehead atoms. The lowest BCUT2D eigenvalue weighted by atomic mass is 9.87. The van der Waals surface area contributed by atoms with Gasteiger partial charge in [0.25, 0.3) is 5.56 Å². The number of nitrogens with zero attached hydrogens (tertiary/aromatic N) is 1. The largest absolute Gasteiger partial charge is 0.310 e. The Hall–Kier alpha value is -2.43. The number of aromatic amines is 1. The highest BCUT2D eigenvalue weighted by Gasteiger charge is 2.30. The summed E-state index contributed by atoms with van der Waals surface area (Å²) < 4.78 is 0. The Labute approximate surface area is 109 Å². The SMILES string of the molecule is Cc1nc2c(c(=O)[nH]1)C(c1ccccc1)CC(=O)N2. The summed E-state index contributed by atoms with van der Waals surface area (Å²) in [6.07, 6.45) is 0.269. The lowest BCUT2D eigenvalue weighted by Crippen LogP contribution is -2.31. The molecule has 1 aromatic heterocycles. The predicted octanol–water partition coefficient (Wildman–Crippen LogP) is 1.55. The average molecular weight is 255 g/mol. The van der Waals surface area contributed by atoms with Crippen LogP contribution in [0.2, 0.25) is 0 Å². The maximum Gasteiger partial charge on any atom is 0.256 e. The van der Waals surface area contributed by atoms with Crippen molar-refractivity contribution in [1.29, 1.82) is 0 Å². The van der Waals surface area contributed by atoms with Crippen LogP contribution in [-0.2, 0) is 4.79 Å². The van der Waals surface area contributed by atoms with Crippen LogP contribution in [0.25, 0.3) is 0 Å². The highest BCUT2D eigenvalue weighted by atomic mass is 16.2. The van der Waals surface area contributed by atoms with E-state index in [9.17, 15) is 9.59 Å². The Balaban J connectivity index is 2.20. The molecule has 2 aromatic rings. The van der Waals surface area contributed by atoms with Gasteiger partial charge < -0.3 is 10.3 Å². The van der Waals surface area contributed by atoms with Gasteiger partial charge in [0.1, 0.15) is 11.6 Å². The smallest absolute Gasteiger partial charge is 0.256 e. The van der Waals surface area contributed by atoms with Gasteiger partial charge in [-0.15, -0.1) is 0 Å². The monoisotopic (exact) mass is 255 g/mol. The molecule has 0 radical (unpaired) electrons. The first-order chi connectivity index (χ1) is 9.15. The van der Waals surface area contributed by atoms with E-state index in [2.05, 4.69) is 15.3 Å². The molecule has 0 fully saturated rings. The first-order valence-corrected chi connectivity index (χ1v) is 6.11. The van der Waals surface area contributed by atoms with E-state index in [0.717, 1.165) is 5.56 Å². The molecule has 1 aliphatic rings. The number of hydrogen-bond donors (Lipinski definition) is 2. The van der Waals surface area contributed by atoms with Crippen molar-refractivity contribution in [1.82, 2.24) is 9.97 Å². The summed E-state index contributed by atoms with van der Waals surface area (Å²) in [5.74, 6) is 0.532. The molecular weight excluding hydrogens is 242 g/mol. The number of rotatable bonds is 1. The molecule has 0 spiro atoms. The maximum atomic E-state index is 12.1. The minimum atomic E-state index is -0.234. The molecule has 3 rings (SSSR count). The van der Waals surface area contributed by atoms with Gasteiger partial charge in [0.15, 0.2) is 0 Å². The number of H-pyrrole nitrogens is 1.